The second kappa shape index (κ2) is 12.4. The van der Waals surface area contributed by atoms with Crippen LogP contribution < -0.4 is 10.6 Å². The number of ether oxygens (including phenoxy) is 1. The number of nitrogens with one attached hydrogen (secondary N) is 2. The lowest BCUT2D eigenvalue weighted by atomic mass is 9.98. The van der Waals surface area contributed by atoms with Crippen LogP contribution in [0.4, 0.5) is 0 Å². The summed E-state index contributed by atoms with van der Waals surface area (Å²) in [6.07, 6.45) is 16.2. The van der Waals surface area contributed by atoms with Gasteiger partial charge in [-0.3, -0.25) is 9.79 Å². The van der Waals surface area contributed by atoms with E-state index in [0.29, 0.717) is 18.1 Å². The van der Waals surface area contributed by atoms with Crippen LogP contribution >= 0.6 is 0 Å². The predicted octanol–water partition coefficient (Wildman–Crippen LogP) is 3.46. The van der Waals surface area contributed by atoms with E-state index in [1.807, 2.05) is 7.05 Å². The summed E-state index contributed by atoms with van der Waals surface area (Å²) in [5, 5.41) is 6.94. The molecular formula is C23H42N4O2. The van der Waals surface area contributed by atoms with Gasteiger partial charge >= 0.3 is 0 Å². The quantitative estimate of drug-likeness (QED) is 0.350. The molecular weight excluding hydrogens is 364 g/mol. The molecule has 1 unspecified atom stereocenters. The van der Waals surface area contributed by atoms with Crippen LogP contribution in [0.15, 0.2) is 4.99 Å². The number of likely N-dealkylation sites (tertiary alicyclic amines) is 1. The third-order valence-corrected chi connectivity index (χ3v) is 6.79. The minimum absolute atomic E-state index is 0.285. The highest BCUT2D eigenvalue weighted by Crippen LogP contribution is 2.27. The molecule has 6 nitrogen and oxygen atoms in total. The number of hydrogen-bond acceptors (Lipinski definition) is 3. The molecule has 0 aromatic rings. The van der Waals surface area contributed by atoms with E-state index in [4.69, 9.17) is 4.74 Å². The number of aliphatic imine (C=N–C) groups is 1. The van der Waals surface area contributed by atoms with Crippen molar-refractivity contribution in [1.82, 2.24) is 15.5 Å². The Balaban J connectivity index is 1.23. The maximum Gasteiger partial charge on any atom is 0.225 e. The fourth-order valence-corrected chi connectivity index (χ4v) is 4.99. The van der Waals surface area contributed by atoms with Crippen LogP contribution in [0.5, 0.6) is 0 Å². The van der Waals surface area contributed by atoms with E-state index in [-0.39, 0.29) is 5.92 Å². The van der Waals surface area contributed by atoms with E-state index in [9.17, 15) is 4.79 Å². The highest BCUT2D eigenvalue weighted by atomic mass is 16.5. The smallest absolute Gasteiger partial charge is 0.225 e. The van der Waals surface area contributed by atoms with Crippen molar-refractivity contribution in [1.29, 1.82) is 0 Å². The second-order valence-corrected chi connectivity index (χ2v) is 9.09. The van der Waals surface area contributed by atoms with Gasteiger partial charge < -0.3 is 20.3 Å². The maximum absolute atomic E-state index is 12.6. The van der Waals surface area contributed by atoms with Gasteiger partial charge in [-0.25, -0.2) is 0 Å². The average molecular weight is 407 g/mol. The van der Waals surface area contributed by atoms with Crippen LogP contribution in [0.2, 0.25) is 0 Å². The summed E-state index contributed by atoms with van der Waals surface area (Å²) in [6, 6.07) is 0.315. The van der Waals surface area contributed by atoms with Crippen molar-refractivity contribution in [3.63, 3.8) is 0 Å². The van der Waals surface area contributed by atoms with Crippen molar-refractivity contribution in [2.75, 3.05) is 33.3 Å². The van der Waals surface area contributed by atoms with Crippen LogP contribution in [0.25, 0.3) is 0 Å². The van der Waals surface area contributed by atoms with Crippen molar-refractivity contribution in [2.45, 2.75) is 95.6 Å². The molecule has 0 bridgehead atoms. The van der Waals surface area contributed by atoms with E-state index in [2.05, 4.69) is 20.5 Å². The van der Waals surface area contributed by atoms with E-state index in [0.717, 1.165) is 64.3 Å². The number of rotatable bonds is 9. The zero-order chi connectivity index (χ0) is 20.3. The van der Waals surface area contributed by atoms with Gasteiger partial charge in [-0.2, -0.15) is 0 Å². The second-order valence-electron chi connectivity index (χ2n) is 9.09. The Morgan fingerprint density at radius 3 is 2.52 bits per heavy atom. The van der Waals surface area contributed by atoms with Gasteiger partial charge in [0, 0.05) is 45.2 Å². The van der Waals surface area contributed by atoms with Crippen molar-refractivity contribution >= 4 is 11.9 Å². The molecule has 1 saturated heterocycles. The van der Waals surface area contributed by atoms with Gasteiger partial charge in [0.1, 0.15) is 0 Å². The van der Waals surface area contributed by atoms with Crippen LogP contribution in [-0.2, 0) is 9.53 Å². The first-order chi connectivity index (χ1) is 14.3. The molecule has 1 heterocycles. The highest BCUT2D eigenvalue weighted by molar-refractivity contribution is 5.81. The summed E-state index contributed by atoms with van der Waals surface area (Å²) in [6.45, 7) is 3.53. The van der Waals surface area contributed by atoms with Gasteiger partial charge in [-0.15, -0.1) is 0 Å². The SMILES string of the molecule is CN=C(NCCCCCOC1CCCCC1)NC1CCN(C(=O)C2CCCC2)C1. The average Bonchev–Trinajstić information content (AvgIpc) is 3.45. The first-order valence-electron chi connectivity index (χ1n) is 12.1. The number of carbonyl (C=O) groups is 1. The summed E-state index contributed by atoms with van der Waals surface area (Å²) >= 11 is 0. The summed E-state index contributed by atoms with van der Waals surface area (Å²) in [4.78, 5) is 19.0. The molecule has 29 heavy (non-hydrogen) atoms. The van der Waals surface area contributed by atoms with Crippen molar-refractivity contribution in [3.8, 4) is 0 Å². The Morgan fingerprint density at radius 1 is 1.00 bits per heavy atom. The zero-order valence-electron chi connectivity index (χ0n) is 18.5. The molecule has 6 heteroatoms. The molecule has 2 aliphatic carbocycles. The van der Waals surface area contributed by atoms with Crippen LogP contribution in [-0.4, -0.2) is 62.2 Å². The molecule has 0 aromatic heterocycles. The van der Waals surface area contributed by atoms with Crippen molar-refractivity contribution in [3.05, 3.63) is 0 Å². The van der Waals surface area contributed by atoms with Gasteiger partial charge in [0.25, 0.3) is 0 Å². The number of unbranched alkanes of at least 4 members (excludes halogenated alkanes) is 2. The number of amides is 1. The van der Waals surface area contributed by atoms with Gasteiger partial charge in [-0.05, 0) is 51.4 Å². The molecule has 166 valence electrons. The van der Waals surface area contributed by atoms with Crippen LogP contribution in [0.3, 0.4) is 0 Å². The van der Waals surface area contributed by atoms with E-state index in [1.165, 1.54) is 51.4 Å². The molecule has 1 amide bonds. The Kier molecular flexibility index (Phi) is 9.58. The summed E-state index contributed by atoms with van der Waals surface area (Å²) in [7, 11) is 1.82. The number of carbonyl (C=O) groups excluding carboxylic acids is 1. The maximum atomic E-state index is 12.6. The van der Waals surface area contributed by atoms with E-state index < -0.39 is 0 Å². The van der Waals surface area contributed by atoms with Gasteiger partial charge in [0.2, 0.25) is 5.91 Å². The third-order valence-electron chi connectivity index (χ3n) is 6.79. The highest BCUT2D eigenvalue weighted by Gasteiger charge is 2.32. The monoisotopic (exact) mass is 406 g/mol. The first-order valence-corrected chi connectivity index (χ1v) is 12.1. The number of hydrogen-bond donors (Lipinski definition) is 2. The standard InChI is InChI=1S/C23H42N4O2/c1-24-23(25-15-8-3-9-17-29-21-12-4-2-5-13-21)26-20-14-16-27(18-20)22(28)19-10-6-7-11-19/h19-21H,2-18H2,1H3,(H2,24,25,26). The number of guanidine groups is 1. The molecule has 1 aliphatic heterocycles. The lowest BCUT2D eigenvalue weighted by Crippen LogP contribution is -2.45. The Labute approximate surface area is 177 Å². The lowest BCUT2D eigenvalue weighted by Gasteiger charge is -2.22. The third kappa shape index (κ3) is 7.47. The van der Waals surface area contributed by atoms with Gasteiger partial charge in [-0.1, -0.05) is 32.1 Å². The molecule has 3 aliphatic rings. The fraction of sp³-hybridized carbons (Fsp3) is 0.913. The largest absolute Gasteiger partial charge is 0.378 e. The van der Waals surface area contributed by atoms with E-state index in [1.54, 1.807) is 0 Å². The van der Waals surface area contributed by atoms with Crippen LogP contribution in [0, 0.1) is 5.92 Å². The minimum Gasteiger partial charge on any atom is -0.378 e. The molecule has 3 fully saturated rings. The fourth-order valence-electron chi connectivity index (χ4n) is 4.99. The van der Waals surface area contributed by atoms with Crippen molar-refractivity contribution in [2.24, 2.45) is 10.9 Å². The first kappa shape index (κ1) is 22.4. The van der Waals surface area contributed by atoms with E-state index >= 15 is 0 Å². The normalized spacial score (nSPS) is 24.2. The van der Waals surface area contributed by atoms with Crippen molar-refractivity contribution < 1.29 is 9.53 Å². The molecule has 3 rings (SSSR count). The Morgan fingerprint density at radius 2 is 1.76 bits per heavy atom. The molecule has 2 saturated carbocycles. The van der Waals surface area contributed by atoms with Gasteiger partial charge in [0.15, 0.2) is 5.96 Å². The molecule has 2 N–H and O–H groups in total. The molecule has 0 spiro atoms. The minimum atomic E-state index is 0.285. The molecule has 0 radical (unpaired) electrons. The molecule has 0 aromatic carbocycles. The Bertz CT molecular complexity index is 513. The summed E-state index contributed by atoms with van der Waals surface area (Å²) in [5.74, 6) is 1.53. The lowest BCUT2D eigenvalue weighted by molar-refractivity contribution is -0.134. The summed E-state index contributed by atoms with van der Waals surface area (Å²) in [5.41, 5.74) is 0. The topological polar surface area (TPSA) is 66.0 Å². The molecule has 1 atom stereocenters. The zero-order valence-corrected chi connectivity index (χ0v) is 18.5. The number of nitrogens with zero attached hydrogens (tertiary/aromatic N) is 2. The van der Waals surface area contributed by atoms with Gasteiger partial charge in [0.05, 0.1) is 6.10 Å². The Hall–Kier alpha value is -1.30. The summed E-state index contributed by atoms with van der Waals surface area (Å²) < 4.78 is 6.00. The predicted molar refractivity (Wildman–Crippen MR) is 118 cm³/mol. The van der Waals surface area contributed by atoms with Crippen LogP contribution in [0.1, 0.15) is 83.5 Å².